The van der Waals surface area contributed by atoms with Crippen molar-refractivity contribution in [2.24, 2.45) is 0 Å². The molecule has 1 atom stereocenters. The van der Waals surface area contributed by atoms with Crippen LogP contribution in [0.5, 0.6) is 5.75 Å². The minimum Gasteiger partial charge on any atom is -0.481 e. The summed E-state index contributed by atoms with van der Waals surface area (Å²) in [5.41, 5.74) is 2.24. The molecule has 1 aromatic heterocycles. The van der Waals surface area contributed by atoms with Crippen LogP contribution in [0, 0.1) is 6.92 Å². The fourth-order valence-corrected chi connectivity index (χ4v) is 4.44. The van der Waals surface area contributed by atoms with Gasteiger partial charge in [-0.3, -0.25) is 9.69 Å². The second-order valence-corrected chi connectivity index (χ2v) is 8.37. The van der Waals surface area contributed by atoms with Crippen LogP contribution in [-0.2, 0) is 11.3 Å². The van der Waals surface area contributed by atoms with Crippen molar-refractivity contribution in [1.29, 1.82) is 0 Å². The molecule has 1 amide bonds. The molecule has 2 aromatic carbocycles. The zero-order valence-electron chi connectivity index (χ0n) is 16.3. The lowest BCUT2D eigenvalue weighted by Crippen LogP contribution is -2.51. The monoisotopic (exact) mass is 395 g/mol. The first kappa shape index (κ1) is 18.9. The Bertz CT molecular complexity index is 913. The van der Waals surface area contributed by atoms with Crippen LogP contribution in [0.2, 0.25) is 0 Å². The molecule has 0 spiro atoms. The second-order valence-electron chi connectivity index (χ2n) is 7.25. The lowest BCUT2D eigenvalue weighted by Gasteiger charge is -2.35. The van der Waals surface area contributed by atoms with Crippen LogP contribution in [-0.4, -0.2) is 53.0 Å². The van der Waals surface area contributed by atoms with Gasteiger partial charge in [-0.05, 0) is 38.1 Å². The van der Waals surface area contributed by atoms with Gasteiger partial charge >= 0.3 is 0 Å². The molecule has 0 bridgehead atoms. The van der Waals surface area contributed by atoms with Crippen LogP contribution in [0.15, 0.2) is 48.5 Å². The van der Waals surface area contributed by atoms with E-state index >= 15 is 0 Å². The molecule has 4 rings (SSSR count). The molecule has 1 saturated heterocycles. The third kappa shape index (κ3) is 4.34. The van der Waals surface area contributed by atoms with Gasteiger partial charge in [-0.15, -0.1) is 11.3 Å². The lowest BCUT2D eigenvalue weighted by molar-refractivity contribution is -0.139. The Balaban J connectivity index is 1.29. The summed E-state index contributed by atoms with van der Waals surface area (Å²) in [6, 6.07) is 16.1. The largest absolute Gasteiger partial charge is 0.481 e. The maximum Gasteiger partial charge on any atom is 0.263 e. The first-order valence-corrected chi connectivity index (χ1v) is 10.5. The van der Waals surface area contributed by atoms with Gasteiger partial charge in [0.25, 0.3) is 5.91 Å². The first-order chi connectivity index (χ1) is 13.6. The van der Waals surface area contributed by atoms with Crippen molar-refractivity contribution in [3.05, 3.63) is 59.1 Å². The number of ether oxygens (including phenoxy) is 1. The molecular formula is C22H25N3O2S. The van der Waals surface area contributed by atoms with Crippen molar-refractivity contribution in [2.75, 3.05) is 26.2 Å². The predicted octanol–water partition coefficient (Wildman–Crippen LogP) is 3.72. The molecular weight excluding hydrogens is 370 g/mol. The molecule has 1 aliphatic heterocycles. The maximum absolute atomic E-state index is 12.7. The number of nitrogens with zero attached hydrogens (tertiary/aromatic N) is 3. The number of aromatic nitrogens is 1. The molecule has 1 fully saturated rings. The molecule has 6 heteroatoms. The van der Waals surface area contributed by atoms with E-state index in [9.17, 15) is 4.79 Å². The van der Waals surface area contributed by atoms with E-state index in [1.54, 1.807) is 11.3 Å². The fraction of sp³-hybridized carbons (Fsp3) is 0.364. The third-order valence-electron chi connectivity index (χ3n) is 5.06. The van der Waals surface area contributed by atoms with E-state index in [1.165, 1.54) is 10.3 Å². The average Bonchev–Trinajstić information content (AvgIpc) is 3.12. The van der Waals surface area contributed by atoms with Crippen LogP contribution in [0.3, 0.4) is 0 Å². The number of hydrogen-bond acceptors (Lipinski definition) is 5. The van der Waals surface area contributed by atoms with E-state index in [1.807, 2.05) is 49.1 Å². The number of benzene rings is 2. The van der Waals surface area contributed by atoms with E-state index in [-0.39, 0.29) is 5.91 Å². The normalized spacial score (nSPS) is 16.3. The molecule has 5 nitrogen and oxygen atoms in total. The van der Waals surface area contributed by atoms with E-state index < -0.39 is 6.10 Å². The van der Waals surface area contributed by atoms with Crippen molar-refractivity contribution in [1.82, 2.24) is 14.8 Å². The highest BCUT2D eigenvalue weighted by Crippen LogP contribution is 2.23. The summed E-state index contributed by atoms with van der Waals surface area (Å²) in [5, 5.41) is 1.14. The molecule has 1 aliphatic rings. The summed E-state index contributed by atoms with van der Waals surface area (Å²) < 4.78 is 7.06. The van der Waals surface area contributed by atoms with E-state index in [4.69, 9.17) is 9.72 Å². The van der Waals surface area contributed by atoms with Gasteiger partial charge in [0.15, 0.2) is 6.10 Å². The van der Waals surface area contributed by atoms with Crippen molar-refractivity contribution in [2.45, 2.75) is 26.5 Å². The zero-order chi connectivity index (χ0) is 19.5. The number of para-hydroxylation sites is 1. The highest BCUT2D eigenvalue weighted by molar-refractivity contribution is 7.18. The average molecular weight is 396 g/mol. The van der Waals surface area contributed by atoms with E-state index in [0.717, 1.165) is 49.0 Å². The minimum absolute atomic E-state index is 0.0558. The Hall–Kier alpha value is -2.44. The number of carbonyl (C=O) groups is 1. The number of amides is 1. The van der Waals surface area contributed by atoms with Crippen LogP contribution < -0.4 is 4.74 Å². The number of carbonyl (C=O) groups excluding carboxylic acids is 1. The topological polar surface area (TPSA) is 45.7 Å². The molecule has 146 valence electrons. The van der Waals surface area contributed by atoms with Crippen molar-refractivity contribution in [3.63, 3.8) is 0 Å². The summed E-state index contributed by atoms with van der Waals surface area (Å²) in [4.78, 5) is 21.7. The van der Waals surface area contributed by atoms with Gasteiger partial charge in [0.2, 0.25) is 0 Å². The Morgan fingerprint density at radius 1 is 1.11 bits per heavy atom. The number of piperazine rings is 1. The first-order valence-electron chi connectivity index (χ1n) is 9.67. The Labute approximate surface area is 169 Å². The SMILES string of the molecule is Cc1ccc(OC(C)C(=O)N2CCN(Cc3nc4ccccc4s3)CC2)cc1. The van der Waals surface area contributed by atoms with E-state index in [2.05, 4.69) is 23.1 Å². The van der Waals surface area contributed by atoms with Gasteiger partial charge in [-0.1, -0.05) is 29.8 Å². The quantitative estimate of drug-likeness (QED) is 0.661. The Morgan fingerprint density at radius 3 is 2.54 bits per heavy atom. The summed E-state index contributed by atoms with van der Waals surface area (Å²) in [6.07, 6.45) is -0.474. The van der Waals surface area contributed by atoms with Crippen molar-refractivity contribution in [3.8, 4) is 5.75 Å². The fourth-order valence-electron chi connectivity index (χ4n) is 3.43. The lowest BCUT2D eigenvalue weighted by atomic mass is 10.2. The molecule has 0 saturated carbocycles. The zero-order valence-corrected chi connectivity index (χ0v) is 17.1. The second kappa shape index (κ2) is 8.29. The molecule has 2 heterocycles. The number of hydrogen-bond donors (Lipinski definition) is 0. The predicted molar refractivity (Wildman–Crippen MR) is 113 cm³/mol. The van der Waals surface area contributed by atoms with Crippen molar-refractivity contribution >= 4 is 27.5 Å². The summed E-state index contributed by atoms with van der Waals surface area (Å²) >= 11 is 1.75. The Morgan fingerprint density at radius 2 is 1.82 bits per heavy atom. The number of rotatable bonds is 5. The van der Waals surface area contributed by atoms with Gasteiger partial charge in [0, 0.05) is 26.2 Å². The third-order valence-corrected chi connectivity index (χ3v) is 6.08. The van der Waals surface area contributed by atoms with Gasteiger partial charge in [-0.25, -0.2) is 4.98 Å². The Kier molecular flexibility index (Phi) is 5.59. The number of fused-ring (bicyclic) bond motifs is 1. The van der Waals surface area contributed by atoms with Gasteiger partial charge < -0.3 is 9.64 Å². The van der Waals surface area contributed by atoms with E-state index in [0.29, 0.717) is 0 Å². The summed E-state index contributed by atoms with van der Waals surface area (Å²) in [6.45, 7) is 7.88. The number of aryl methyl sites for hydroxylation is 1. The van der Waals surface area contributed by atoms with Gasteiger partial charge in [-0.2, -0.15) is 0 Å². The van der Waals surface area contributed by atoms with Crippen LogP contribution in [0.25, 0.3) is 10.2 Å². The van der Waals surface area contributed by atoms with Crippen LogP contribution in [0.1, 0.15) is 17.5 Å². The van der Waals surface area contributed by atoms with Gasteiger partial charge in [0.05, 0.1) is 16.8 Å². The highest BCUT2D eigenvalue weighted by Gasteiger charge is 2.26. The summed E-state index contributed by atoms with van der Waals surface area (Å²) in [5.74, 6) is 0.793. The summed E-state index contributed by atoms with van der Waals surface area (Å²) in [7, 11) is 0. The maximum atomic E-state index is 12.7. The molecule has 0 radical (unpaired) electrons. The molecule has 28 heavy (non-hydrogen) atoms. The highest BCUT2D eigenvalue weighted by atomic mass is 32.1. The smallest absolute Gasteiger partial charge is 0.263 e. The molecule has 3 aromatic rings. The van der Waals surface area contributed by atoms with Crippen LogP contribution >= 0.6 is 11.3 Å². The van der Waals surface area contributed by atoms with Crippen molar-refractivity contribution < 1.29 is 9.53 Å². The molecule has 0 aliphatic carbocycles. The van der Waals surface area contributed by atoms with Gasteiger partial charge in [0.1, 0.15) is 10.8 Å². The standard InChI is InChI=1S/C22H25N3O2S/c1-16-7-9-18(10-8-16)27-17(2)22(26)25-13-11-24(12-14-25)15-21-23-19-5-3-4-6-20(19)28-21/h3-10,17H,11-15H2,1-2H3. The molecule has 1 unspecified atom stereocenters. The van der Waals surface area contributed by atoms with Crippen LogP contribution in [0.4, 0.5) is 0 Å². The minimum atomic E-state index is -0.474. The number of thiazole rings is 1. The molecule has 0 N–H and O–H groups in total.